The monoisotopic (exact) mass is 193 g/mol. The Morgan fingerprint density at radius 2 is 2.21 bits per heavy atom. The summed E-state index contributed by atoms with van der Waals surface area (Å²) in [5, 5.41) is 0. The first-order chi connectivity index (χ1) is 6.61. The summed E-state index contributed by atoms with van der Waals surface area (Å²) in [5.74, 6) is 0.578. The lowest BCUT2D eigenvalue weighted by Gasteiger charge is -2.07. The molecule has 0 aliphatic rings. The first-order valence-corrected chi connectivity index (χ1v) is 4.93. The summed E-state index contributed by atoms with van der Waals surface area (Å²) >= 11 is 0. The number of allylic oxidation sites excluding steroid dienone is 3. The number of rotatable bonds is 6. The largest absolute Gasteiger partial charge is 0.298 e. The van der Waals surface area contributed by atoms with Crippen LogP contribution in [-0.2, 0) is 4.79 Å². The van der Waals surface area contributed by atoms with Crippen molar-refractivity contribution in [1.29, 1.82) is 0 Å². The normalized spacial score (nSPS) is 14.4. The number of hydrogen-bond donors (Lipinski definition) is 0. The molecule has 0 radical (unpaired) electrons. The smallest absolute Gasteiger partial charge is 0.151 e. The summed E-state index contributed by atoms with van der Waals surface area (Å²) in [5.41, 5.74) is 1.17. The second-order valence-corrected chi connectivity index (χ2v) is 3.37. The molecule has 0 amide bonds. The lowest BCUT2D eigenvalue weighted by molar-refractivity contribution is -0.115. The van der Waals surface area contributed by atoms with E-state index >= 15 is 0 Å². The molecule has 0 spiro atoms. The first kappa shape index (κ1) is 12.8. The zero-order chi connectivity index (χ0) is 11.0. The van der Waals surface area contributed by atoms with Gasteiger partial charge in [0, 0.05) is 6.21 Å². The van der Waals surface area contributed by atoms with E-state index in [0.29, 0.717) is 5.92 Å². The highest BCUT2D eigenvalue weighted by Gasteiger charge is 2.00. The zero-order valence-corrected chi connectivity index (χ0v) is 9.29. The maximum atomic E-state index is 10.6. The molecule has 0 fully saturated rings. The minimum atomic E-state index is 0.0818. The molecule has 0 saturated carbocycles. The van der Waals surface area contributed by atoms with Crippen molar-refractivity contribution in [2.45, 2.75) is 27.2 Å². The van der Waals surface area contributed by atoms with Crippen molar-refractivity contribution in [3.8, 4) is 0 Å². The van der Waals surface area contributed by atoms with Crippen LogP contribution in [0.4, 0.5) is 0 Å². The lowest BCUT2D eigenvalue weighted by atomic mass is 9.98. The van der Waals surface area contributed by atoms with Crippen LogP contribution in [0.25, 0.3) is 0 Å². The van der Waals surface area contributed by atoms with E-state index in [9.17, 15) is 4.79 Å². The van der Waals surface area contributed by atoms with Gasteiger partial charge in [-0.2, -0.15) is 0 Å². The third-order valence-corrected chi connectivity index (χ3v) is 2.10. The second-order valence-electron chi connectivity index (χ2n) is 3.37. The first-order valence-electron chi connectivity index (χ1n) is 4.93. The summed E-state index contributed by atoms with van der Waals surface area (Å²) in [6.07, 6.45) is 6.53. The molecule has 0 aromatic carbocycles. The van der Waals surface area contributed by atoms with Crippen LogP contribution in [0.5, 0.6) is 0 Å². The molecule has 0 heterocycles. The number of nitrogens with zero attached hydrogens (tertiary/aromatic N) is 1. The van der Waals surface area contributed by atoms with Crippen LogP contribution in [0, 0.1) is 5.92 Å². The van der Waals surface area contributed by atoms with Crippen molar-refractivity contribution in [2.75, 3.05) is 6.54 Å². The molecule has 0 bridgehead atoms. The number of carbonyl (C=O) groups is 1. The Kier molecular flexibility index (Phi) is 6.63. The third kappa shape index (κ3) is 5.46. The van der Waals surface area contributed by atoms with E-state index in [2.05, 4.69) is 25.4 Å². The molecular formula is C12H19NO. The second kappa shape index (κ2) is 7.25. The van der Waals surface area contributed by atoms with Crippen LogP contribution in [0.2, 0.25) is 0 Å². The number of aliphatic imine (C=N–C) groups is 1. The van der Waals surface area contributed by atoms with E-state index < -0.39 is 0 Å². The third-order valence-electron chi connectivity index (χ3n) is 2.10. The summed E-state index contributed by atoms with van der Waals surface area (Å²) < 4.78 is 0. The van der Waals surface area contributed by atoms with Gasteiger partial charge in [-0.15, -0.1) is 0 Å². The van der Waals surface area contributed by atoms with Gasteiger partial charge < -0.3 is 0 Å². The molecule has 14 heavy (non-hydrogen) atoms. The van der Waals surface area contributed by atoms with Gasteiger partial charge in [-0.1, -0.05) is 26.5 Å². The minimum Gasteiger partial charge on any atom is -0.298 e. The Bertz CT molecular complexity index is 251. The van der Waals surface area contributed by atoms with Gasteiger partial charge in [-0.3, -0.25) is 9.79 Å². The van der Waals surface area contributed by atoms with Crippen LogP contribution in [0.1, 0.15) is 27.2 Å². The number of Topliss-reactive ketones (excluding diaryl/α,β-unsaturated/α-hetero) is 1. The summed E-state index contributed by atoms with van der Waals surface area (Å²) in [6.45, 7) is 9.82. The molecule has 2 nitrogen and oxygen atoms in total. The summed E-state index contributed by atoms with van der Waals surface area (Å²) in [6, 6.07) is 0. The van der Waals surface area contributed by atoms with Gasteiger partial charge in [0.05, 0.1) is 6.54 Å². The zero-order valence-electron chi connectivity index (χ0n) is 9.29. The molecule has 0 aromatic heterocycles. The molecule has 0 saturated heterocycles. The predicted octanol–water partition coefficient (Wildman–Crippen LogP) is 2.80. The molecule has 0 rings (SSSR count). The standard InChI is InChI=1S/C12H19NO/c1-5-10(3)12(6-2)7-8-13-9-11(4)14/h6-8,10H,2,5,9H2,1,3-4H3/b12-7+,13-8?. The van der Waals surface area contributed by atoms with Crippen LogP contribution >= 0.6 is 0 Å². The van der Waals surface area contributed by atoms with Crippen molar-refractivity contribution >= 4 is 12.0 Å². The maximum absolute atomic E-state index is 10.6. The number of carbonyl (C=O) groups excluding carboxylic acids is 1. The van der Waals surface area contributed by atoms with E-state index in [1.165, 1.54) is 12.5 Å². The van der Waals surface area contributed by atoms with Crippen LogP contribution < -0.4 is 0 Å². The molecule has 0 aliphatic carbocycles. The van der Waals surface area contributed by atoms with Crippen LogP contribution in [0.15, 0.2) is 29.3 Å². The fourth-order valence-corrected chi connectivity index (χ4v) is 0.989. The van der Waals surface area contributed by atoms with Gasteiger partial charge in [-0.05, 0) is 30.9 Å². The number of ketones is 1. The molecule has 1 unspecified atom stereocenters. The molecule has 0 aliphatic heterocycles. The van der Waals surface area contributed by atoms with Crippen molar-refractivity contribution in [3.63, 3.8) is 0 Å². The van der Waals surface area contributed by atoms with Gasteiger partial charge in [0.15, 0.2) is 5.78 Å². The Hall–Kier alpha value is -1.18. The van der Waals surface area contributed by atoms with Gasteiger partial charge in [0.25, 0.3) is 0 Å². The van der Waals surface area contributed by atoms with Crippen molar-refractivity contribution < 1.29 is 4.79 Å². The Balaban J connectivity index is 4.24. The SMILES string of the molecule is C=C/C(=C\C=NCC(C)=O)C(C)CC. The van der Waals surface area contributed by atoms with E-state index in [1.807, 2.05) is 12.2 Å². The molecule has 1 atom stereocenters. The highest BCUT2D eigenvalue weighted by atomic mass is 16.1. The molecular weight excluding hydrogens is 174 g/mol. The van der Waals surface area contributed by atoms with Gasteiger partial charge in [0.1, 0.15) is 0 Å². The number of hydrogen-bond acceptors (Lipinski definition) is 2. The molecule has 0 N–H and O–H groups in total. The van der Waals surface area contributed by atoms with Crippen molar-refractivity contribution in [3.05, 3.63) is 24.3 Å². The van der Waals surface area contributed by atoms with Crippen LogP contribution in [0.3, 0.4) is 0 Å². The Morgan fingerprint density at radius 3 is 2.64 bits per heavy atom. The quantitative estimate of drug-likeness (QED) is 0.471. The van der Waals surface area contributed by atoms with Gasteiger partial charge >= 0.3 is 0 Å². The highest BCUT2D eigenvalue weighted by molar-refractivity contribution is 5.81. The van der Waals surface area contributed by atoms with E-state index in [0.717, 1.165) is 6.42 Å². The topological polar surface area (TPSA) is 29.4 Å². The van der Waals surface area contributed by atoms with Crippen molar-refractivity contribution in [1.82, 2.24) is 0 Å². The van der Waals surface area contributed by atoms with E-state index in [-0.39, 0.29) is 12.3 Å². The maximum Gasteiger partial charge on any atom is 0.151 e. The van der Waals surface area contributed by atoms with Gasteiger partial charge in [-0.25, -0.2) is 0 Å². The average molecular weight is 193 g/mol. The fourth-order valence-electron chi connectivity index (χ4n) is 0.989. The van der Waals surface area contributed by atoms with E-state index in [4.69, 9.17) is 0 Å². The molecule has 78 valence electrons. The van der Waals surface area contributed by atoms with Gasteiger partial charge in [0.2, 0.25) is 0 Å². The van der Waals surface area contributed by atoms with Crippen molar-refractivity contribution in [2.24, 2.45) is 10.9 Å². The van der Waals surface area contributed by atoms with E-state index in [1.54, 1.807) is 6.21 Å². The minimum absolute atomic E-state index is 0.0818. The molecule has 2 heteroatoms. The highest BCUT2D eigenvalue weighted by Crippen LogP contribution is 2.13. The Morgan fingerprint density at radius 1 is 1.57 bits per heavy atom. The average Bonchev–Trinajstić information content (AvgIpc) is 2.16. The Labute approximate surface area is 86.4 Å². The summed E-state index contributed by atoms with van der Waals surface area (Å²) in [4.78, 5) is 14.6. The molecule has 0 aromatic rings. The fraction of sp³-hybridized carbons (Fsp3) is 0.500. The lowest BCUT2D eigenvalue weighted by Crippen LogP contribution is -1.96. The predicted molar refractivity (Wildman–Crippen MR) is 61.8 cm³/mol. The summed E-state index contributed by atoms with van der Waals surface area (Å²) in [7, 11) is 0. The van der Waals surface area contributed by atoms with Crippen LogP contribution in [-0.4, -0.2) is 18.5 Å².